The van der Waals surface area contributed by atoms with E-state index < -0.39 is 0 Å². The zero-order chi connectivity index (χ0) is 21.3. The third-order valence-electron chi connectivity index (χ3n) is 6.13. The minimum Gasteiger partial charge on any atom is -0.281 e. The Morgan fingerprint density at radius 3 is 2.14 bits per heavy atom. The largest absolute Gasteiger partial charge is 0.281 e. The van der Waals surface area contributed by atoms with Crippen LogP contribution in [-0.4, -0.2) is 17.5 Å². The molecule has 0 amide bonds. The molecule has 0 bridgehead atoms. The van der Waals surface area contributed by atoms with Crippen LogP contribution in [0.3, 0.4) is 0 Å². The molecule has 0 saturated carbocycles. The molecule has 1 fully saturated rings. The van der Waals surface area contributed by atoms with Gasteiger partial charge in [0.25, 0.3) is 0 Å². The van der Waals surface area contributed by atoms with Crippen LogP contribution in [0.1, 0.15) is 79.8 Å². The van der Waals surface area contributed by atoms with Gasteiger partial charge in [-0.3, -0.25) is 4.90 Å². The molecule has 156 valence electrons. The molecule has 2 nitrogen and oxygen atoms in total. The maximum Gasteiger partial charge on any atom is 0.102 e. The summed E-state index contributed by atoms with van der Waals surface area (Å²) >= 11 is 0. The molecule has 0 spiro atoms. The van der Waals surface area contributed by atoms with Gasteiger partial charge >= 0.3 is 0 Å². The summed E-state index contributed by atoms with van der Waals surface area (Å²) in [5.41, 5.74) is 1.62. The van der Waals surface area contributed by atoms with Crippen molar-refractivity contribution >= 4 is 0 Å². The van der Waals surface area contributed by atoms with Crippen LogP contribution >= 0.6 is 0 Å². The topological polar surface area (TPSA) is 27.0 Å². The molecule has 0 aromatic heterocycles. The molecular weight excluding hydrogens is 340 g/mol. The van der Waals surface area contributed by atoms with Crippen molar-refractivity contribution in [2.45, 2.75) is 80.3 Å². The first-order valence-electron chi connectivity index (χ1n) is 11.0. The number of nitrogens with zero attached hydrogens (tertiary/aromatic N) is 2. The van der Waals surface area contributed by atoms with Crippen molar-refractivity contribution in [1.29, 1.82) is 5.26 Å². The molecule has 1 aromatic carbocycles. The van der Waals surface area contributed by atoms with E-state index in [0.29, 0.717) is 29.2 Å². The van der Waals surface area contributed by atoms with Crippen LogP contribution in [-0.2, 0) is 0 Å². The van der Waals surface area contributed by atoms with Crippen LogP contribution in [0.2, 0.25) is 0 Å². The number of hydrogen-bond acceptors (Lipinski definition) is 2. The first-order chi connectivity index (χ1) is 13.2. The molecule has 1 aliphatic rings. The summed E-state index contributed by atoms with van der Waals surface area (Å²) in [5, 5.41) is 9.97. The molecule has 28 heavy (non-hydrogen) atoms. The van der Waals surface area contributed by atoms with Crippen LogP contribution < -0.4 is 0 Å². The highest BCUT2D eigenvalue weighted by Gasteiger charge is 2.46. The number of likely N-dealkylation sites (tertiary alicyclic amines) is 1. The van der Waals surface area contributed by atoms with Crippen molar-refractivity contribution in [3.8, 4) is 6.07 Å². The predicted octanol–water partition coefficient (Wildman–Crippen LogP) is 7.25. The van der Waals surface area contributed by atoms with E-state index in [-0.39, 0.29) is 6.04 Å². The van der Waals surface area contributed by atoms with Gasteiger partial charge in [0, 0.05) is 12.6 Å². The first-order valence-corrected chi connectivity index (χ1v) is 11.0. The van der Waals surface area contributed by atoms with E-state index in [1.165, 1.54) is 12.0 Å². The highest BCUT2D eigenvalue weighted by molar-refractivity contribution is 5.20. The first kappa shape index (κ1) is 24.4. The standard InChI is InChI=1S/C22H34N2.C4H8/c1-7-16(2)21-19(13-22(4,5)6)15-24(20(21)14-23)17(3)18-11-9-8-10-12-18;1-3-4-2/h8-12,16-17,19-21H,7,13,15H2,1-6H3;3-4H,1-2H3/b;4-3-. The molecule has 2 heteroatoms. The lowest BCUT2D eigenvalue weighted by molar-refractivity contribution is 0.185. The molecule has 1 aliphatic heterocycles. The Kier molecular flexibility index (Phi) is 9.97. The van der Waals surface area contributed by atoms with Crippen LogP contribution in [0.4, 0.5) is 0 Å². The number of rotatable bonds is 5. The quantitative estimate of drug-likeness (QED) is 0.501. The highest BCUT2D eigenvalue weighted by Crippen LogP contribution is 2.45. The lowest BCUT2D eigenvalue weighted by Gasteiger charge is -2.32. The molecule has 0 N–H and O–H groups in total. The molecule has 5 atom stereocenters. The van der Waals surface area contributed by atoms with Crippen molar-refractivity contribution in [2.75, 3.05) is 6.54 Å². The van der Waals surface area contributed by atoms with E-state index in [4.69, 9.17) is 0 Å². The Morgan fingerprint density at radius 1 is 1.14 bits per heavy atom. The fourth-order valence-electron chi connectivity index (χ4n) is 4.50. The van der Waals surface area contributed by atoms with Gasteiger partial charge in [-0.05, 0) is 55.9 Å². The Balaban J connectivity index is 0.000000892. The smallest absolute Gasteiger partial charge is 0.102 e. The van der Waals surface area contributed by atoms with Crippen LogP contribution in [0.5, 0.6) is 0 Å². The Labute approximate surface area is 174 Å². The van der Waals surface area contributed by atoms with E-state index in [9.17, 15) is 5.26 Å². The summed E-state index contributed by atoms with van der Waals surface area (Å²) < 4.78 is 0. The second-order valence-electron chi connectivity index (χ2n) is 9.51. The number of benzene rings is 1. The molecule has 5 unspecified atom stereocenters. The second-order valence-corrected chi connectivity index (χ2v) is 9.51. The summed E-state index contributed by atoms with van der Waals surface area (Å²) in [4.78, 5) is 2.46. The van der Waals surface area contributed by atoms with E-state index in [1.807, 2.05) is 26.0 Å². The van der Waals surface area contributed by atoms with Crippen molar-refractivity contribution in [1.82, 2.24) is 4.90 Å². The molecule has 1 heterocycles. The molecular formula is C26H42N2. The fraction of sp³-hybridized carbons (Fsp3) is 0.654. The minimum absolute atomic E-state index is 0.0301. The molecule has 1 saturated heterocycles. The van der Waals surface area contributed by atoms with Crippen molar-refractivity contribution in [3.05, 3.63) is 48.0 Å². The number of hydrogen-bond donors (Lipinski definition) is 0. The summed E-state index contributed by atoms with van der Waals surface area (Å²) in [6, 6.07) is 13.6. The van der Waals surface area contributed by atoms with Crippen molar-refractivity contribution in [2.24, 2.45) is 23.2 Å². The number of nitriles is 1. The van der Waals surface area contributed by atoms with Crippen molar-refractivity contribution in [3.63, 3.8) is 0 Å². The Hall–Kier alpha value is -1.59. The van der Waals surface area contributed by atoms with Gasteiger partial charge < -0.3 is 0 Å². The van der Waals surface area contributed by atoms with Gasteiger partial charge in [-0.25, -0.2) is 0 Å². The third-order valence-corrected chi connectivity index (χ3v) is 6.13. The van der Waals surface area contributed by atoms with Gasteiger partial charge in [-0.15, -0.1) is 0 Å². The summed E-state index contributed by atoms with van der Waals surface area (Å²) in [7, 11) is 0. The fourth-order valence-corrected chi connectivity index (χ4v) is 4.50. The van der Waals surface area contributed by atoms with Gasteiger partial charge in [0.05, 0.1) is 6.07 Å². The van der Waals surface area contributed by atoms with Gasteiger partial charge in [0.1, 0.15) is 6.04 Å². The van der Waals surface area contributed by atoms with Crippen LogP contribution in [0.25, 0.3) is 0 Å². The van der Waals surface area contributed by atoms with Crippen molar-refractivity contribution < 1.29 is 0 Å². The van der Waals surface area contributed by atoms with Gasteiger partial charge in [0.2, 0.25) is 0 Å². The molecule has 0 aliphatic carbocycles. The Bertz CT molecular complexity index is 616. The average molecular weight is 383 g/mol. The van der Waals surface area contributed by atoms with E-state index in [1.54, 1.807) is 0 Å². The lowest BCUT2D eigenvalue weighted by atomic mass is 9.73. The maximum absolute atomic E-state index is 9.97. The maximum atomic E-state index is 9.97. The van der Waals surface area contributed by atoms with E-state index >= 15 is 0 Å². The highest BCUT2D eigenvalue weighted by atomic mass is 15.2. The SMILES string of the molecule is C/C=C\C.CCC(C)C1C(CC(C)(C)C)CN(C(C)c2ccccc2)C1C#N. The van der Waals surface area contributed by atoms with Gasteiger partial charge in [-0.2, -0.15) is 5.26 Å². The molecule has 1 aromatic rings. The van der Waals surface area contributed by atoms with Crippen LogP contribution in [0.15, 0.2) is 42.5 Å². The minimum atomic E-state index is 0.0301. The lowest BCUT2D eigenvalue weighted by Crippen LogP contribution is -2.35. The normalized spacial score (nSPS) is 25.0. The number of allylic oxidation sites excluding steroid dienone is 2. The summed E-state index contributed by atoms with van der Waals surface area (Å²) in [6.07, 6.45) is 6.34. The van der Waals surface area contributed by atoms with Gasteiger partial charge in [-0.1, -0.05) is 83.5 Å². The molecule has 0 radical (unpaired) electrons. The molecule has 2 rings (SSSR count). The third kappa shape index (κ3) is 6.78. The van der Waals surface area contributed by atoms with E-state index in [0.717, 1.165) is 13.0 Å². The second kappa shape index (κ2) is 11.4. The monoisotopic (exact) mass is 382 g/mol. The predicted molar refractivity (Wildman–Crippen MR) is 122 cm³/mol. The van der Waals surface area contributed by atoms with Crippen LogP contribution in [0, 0.1) is 34.5 Å². The van der Waals surface area contributed by atoms with Gasteiger partial charge in [0.15, 0.2) is 0 Å². The average Bonchev–Trinajstić information content (AvgIpc) is 3.03. The summed E-state index contributed by atoms with van der Waals surface area (Å²) in [6.45, 7) is 18.9. The van der Waals surface area contributed by atoms with E-state index in [2.05, 4.69) is 82.8 Å². The Morgan fingerprint density at radius 2 is 1.71 bits per heavy atom. The summed E-state index contributed by atoms with van der Waals surface area (Å²) in [5.74, 6) is 1.68. The zero-order valence-electron chi connectivity index (χ0n) is 19.4. The zero-order valence-corrected chi connectivity index (χ0v) is 19.4.